The molecule has 0 N–H and O–H groups in total. The van der Waals surface area contributed by atoms with Crippen LogP contribution in [0.15, 0.2) is 0 Å². The van der Waals surface area contributed by atoms with Gasteiger partial charge in [0.15, 0.2) is 0 Å². The van der Waals surface area contributed by atoms with Crippen LogP contribution in [0.5, 0.6) is 0 Å². The smallest absolute Gasteiger partial charge is 1.00 e. The van der Waals surface area contributed by atoms with Gasteiger partial charge in [0.1, 0.15) is 0 Å². The molecule has 0 bridgehead atoms. The fourth-order valence-electron chi connectivity index (χ4n) is 0. The number of rotatable bonds is 0. The summed E-state index contributed by atoms with van der Waals surface area (Å²) in [5.74, 6) is 0. The molecule has 0 unspecified atom stereocenters. The van der Waals surface area contributed by atoms with E-state index in [1.165, 1.54) is 0 Å². The quantitative estimate of drug-likeness (QED) is 0.212. The fourth-order valence-corrected chi connectivity index (χ4v) is 0. The largest absolute Gasteiger partial charge is 3.00 e. The van der Waals surface area contributed by atoms with Gasteiger partial charge in [-0.15, -0.1) is 0 Å². The average Bonchev–Trinajstić information content (AvgIpc) is 0. The Morgan fingerprint density at radius 3 is 0.250 bits per heavy atom. The van der Waals surface area contributed by atoms with Crippen molar-refractivity contribution in [2.45, 2.75) is 0 Å². The van der Waals surface area contributed by atoms with E-state index in [9.17, 15) is 0 Å². The van der Waals surface area contributed by atoms with Crippen LogP contribution in [0.25, 0.3) is 0 Å². The molecule has 50 valence electrons. The summed E-state index contributed by atoms with van der Waals surface area (Å²) in [5.41, 5.74) is 0. The third-order valence-corrected chi connectivity index (χ3v) is 0. The first-order valence-electron chi connectivity index (χ1n) is 0. The second-order valence-electron chi connectivity index (χ2n) is 0. The zero-order valence-electron chi connectivity index (χ0n) is 3.27. The van der Waals surface area contributed by atoms with Crippen molar-refractivity contribution in [1.82, 2.24) is 0 Å². The molecule has 2 radical (unpaired) electrons. The Bertz CT molecular complexity index is 6.49. The molecule has 0 spiro atoms. The van der Waals surface area contributed by atoms with Gasteiger partial charge in [-0.2, -0.15) is 0 Å². The van der Waals surface area contributed by atoms with Gasteiger partial charge < -0.3 is 144 Å². The van der Waals surface area contributed by atoms with Crippen LogP contribution in [-0.4, -0.2) is 0 Å². The molecule has 0 aliphatic rings. The zero-order valence-corrected chi connectivity index (χ0v) is 22.5. The first-order valence-corrected chi connectivity index (χ1v) is 0. The molecule has 0 aromatic carbocycles. The Balaban J connectivity index is 0. The molecule has 0 aliphatic carbocycles. The van der Waals surface area contributed by atoms with E-state index in [1.54, 1.807) is 0 Å². The summed E-state index contributed by atoms with van der Waals surface area (Å²) in [7, 11) is 0. The minimum absolute atomic E-state index is 0. The Hall–Kier alpha value is 7.13. The van der Waals surface area contributed by atoms with E-state index in [0.29, 0.717) is 0 Å². The minimum atomic E-state index is 0. The Morgan fingerprint density at radius 1 is 0.250 bits per heavy atom. The van der Waals surface area contributed by atoms with Crippen molar-refractivity contribution in [1.29, 1.82) is 0 Å². The van der Waals surface area contributed by atoms with E-state index in [1.807, 2.05) is 0 Å². The van der Waals surface area contributed by atoms with Crippen LogP contribution in [0, 0.1) is 83.5 Å². The van der Waals surface area contributed by atoms with Gasteiger partial charge in [-0.25, -0.2) is 0 Å². The first-order chi connectivity index (χ1) is 0. The standard InChI is InChI=1S/2Ce.6HI/h;;6*1H/q2*+3;;;;;;/p-6. The van der Waals surface area contributed by atoms with Crippen LogP contribution in [0.4, 0.5) is 0 Å². The minimum Gasteiger partial charge on any atom is -1.00 e. The maximum Gasteiger partial charge on any atom is 3.00 e. The molecular weight excluding hydrogens is 1040 g/mol. The summed E-state index contributed by atoms with van der Waals surface area (Å²) in [6.45, 7) is 0. The summed E-state index contributed by atoms with van der Waals surface area (Å²) in [6.07, 6.45) is 0. The number of hydrogen-bond donors (Lipinski definition) is 0. The van der Waals surface area contributed by atoms with Crippen LogP contribution < -0.4 is 144 Å². The van der Waals surface area contributed by atoms with Gasteiger partial charge in [0.2, 0.25) is 0 Å². The predicted molar refractivity (Wildman–Crippen MR) is 0 cm³/mol. The normalized spacial score (nSPS) is 0. The van der Waals surface area contributed by atoms with E-state index in [-0.39, 0.29) is 227 Å². The Kier molecular flexibility index (Phi) is 356. The van der Waals surface area contributed by atoms with Crippen molar-refractivity contribution in [2.75, 3.05) is 0 Å². The molecule has 0 rings (SSSR count). The third kappa shape index (κ3) is 38.0. The molecular formula is Ce2I6. The van der Waals surface area contributed by atoms with Crippen LogP contribution in [0.3, 0.4) is 0 Å². The van der Waals surface area contributed by atoms with Gasteiger partial charge in [0, 0.05) is 0 Å². The predicted octanol–water partition coefficient (Wildman–Crippen LogP) is -18.0. The van der Waals surface area contributed by atoms with E-state index in [4.69, 9.17) is 0 Å². The summed E-state index contributed by atoms with van der Waals surface area (Å²) in [6, 6.07) is 0. The van der Waals surface area contributed by atoms with Crippen molar-refractivity contribution in [2.24, 2.45) is 0 Å². The second kappa shape index (κ2) is 47.9. The zero-order chi connectivity index (χ0) is 0. The van der Waals surface area contributed by atoms with Crippen LogP contribution in [-0.2, 0) is 0 Å². The van der Waals surface area contributed by atoms with Crippen molar-refractivity contribution in [3.8, 4) is 0 Å². The molecule has 0 aromatic heterocycles. The van der Waals surface area contributed by atoms with E-state index in [2.05, 4.69) is 0 Å². The van der Waals surface area contributed by atoms with Gasteiger partial charge in [0.05, 0.1) is 0 Å². The molecule has 0 aromatic rings. The van der Waals surface area contributed by atoms with Crippen LogP contribution >= 0.6 is 0 Å². The number of halogens is 6. The molecule has 8 heavy (non-hydrogen) atoms. The maximum atomic E-state index is 0. The van der Waals surface area contributed by atoms with Gasteiger partial charge in [-0.05, 0) is 0 Å². The fraction of sp³-hybridized carbons (Fsp3) is 0. The molecule has 8 heteroatoms. The van der Waals surface area contributed by atoms with E-state index in [0.717, 1.165) is 0 Å². The third-order valence-electron chi connectivity index (χ3n) is 0. The second-order valence-corrected chi connectivity index (χ2v) is 0. The molecule has 0 heterocycles. The summed E-state index contributed by atoms with van der Waals surface area (Å²) in [4.78, 5) is 0. The number of hydrogen-bond acceptors (Lipinski definition) is 0. The summed E-state index contributed by atoms with van der Waals surface area (Å²) < 4.78 is 0. The molecule has 0 amide bonds. The molecule has 0 saturated carbocycles. The maximum absolute atomic E-state index is 0. The van der Waals surface area contributed by atoms with Crippen molar-refractivity contribution in [3.63, 3.8) is 0 Å². The summed E-state index contributed by atoms with van der Waals surface area (Å²) >= 11 is 0. The SMILES string of the molecule is [Ce+3].[Ce+3].[I-].[I-].[I-].[I-].[I-].[I-]. The van der Waals surface area contributed by atoms with E-state index >= 15 is 0 Å². The van der Waals surface area contributed by atoms with Gasteiger partial charge in [-0.1, -0.05) is 0 Å². The van der Waals surface area contributed by atoms with Gasteiger partial charge >= 0.3 is 83.5 Å². The molecule has 0 fully saturated rings. The van der Waals surface area contributed by atoms with Gasteiger partial charge in [-0.3, -0.25) is 0 Å². The molecule has 0 saturated heterocycles. The topological polar surface area (TPSA) is 0 Å². The van der Waals surface area contributed by atoms with Crippen LogP contribution in [0.1, 0.15) is 0 Å². The molecule has 0 nitrogen and oxygen atoms in total. The first kappa shape index (κ1) is 59.4. The van der Waals surface area contributed by atoms with Crippen molar-refractivity contribution >= 4 is 0 Å². The van der Waals surface area contributed by atoms with Crippen molar-refractivity contribution < 1.29 is 227 Å². The Labute approximate surface area is 220 Å². The van der Waals surface area contributed by atoms with E-state index < -0.39 is 0 Å². The molecule has 0 atom stereocenters. The van der Waals surface area contributed by atoms with Crippen LogP contribution in [0.2, 0.25) is 0 Å². The summed E-state index contributed by atoms with van der Waals surface area (Å²) in [5, 5.41) is 0. The van der Waals surface area contributed by atoms with Gasteiger partial charge in [0.25, 0.3) is 0 Å². The molecule has 0 aliphatic heterocycles. The monoisotopic (exact) mass is 1040 g/mol. The average molecular weight is 1040 g/mol. The Morgan fingerprint density at radius 2 is 0.250 bits per heavy atom. The van der Waals surface area contributed by atoms with Crippen molar-refractivity contribution in [3.05, 3.63) is 0 Å².